The highest BCUT2D eigenvalue weighted by Gasteiger charge is 2.33. The summed E-state index contributed by atoms with van der Waals surface area (Å²) in [4.78, 5) is 6.28. The van der Waals surface area contributed by atoms with Crippen LogP contribution in [0, 0.1) is 22.7 Å². The Balaban J connectivity index is 1.54. The number of rotatable bonds is 5. The van der Waals surface area contributed by atoms with Gasteiger partial charge in [0.1, 0.15) is 29.2 Å². The third-order valence-corrected chi connectivity index (χ3v) is 7.34. The molecule has 0 saturated heterocycles. The Labute approximate surface area is 207 Å². The Bertz CT molecular complexity index is 1420. The van der Waals surface area contributed by atoms with Crippen molar-refractivity contribution >= 4 is 41.4 Å². The number of fused-ring (bicyclic) bond motifs is 6. The van der Waals surface area contributed by atoms with E-state index in [0.29, 0.717) is 31.0 Å². The normalized spacial score (nSPS) is 13.2. The van der Waals surface area contributed by atoms with Crippen molar-refractivity contribution in [2.75, 3.05) is 30.7 Å². The summed E-state index contributed by atoms with van der Waals surface area (Å²) < 4.78 is 11.2. The Kier molecular flexibility index (Phi) is 5.87. The lowest BCUT2D eigenvalue weighted by Crippen LogP contribution is -2.47. The maximum Gasteiger partial charge on any atom is 0.492 e. The predicted molar refractivity (Wildman–Crippen MR) is 136 cm³/mol. The second-order valence-corrected chi connectivity index (χ2v) is 9.41. The average molecular weight is 484 g/mol. The van der Waals surface area contributed by atoms with Crippen LogP contribution < -0.4 is 24.7 Å². The van der Waals surface area contributed by atoms with Crippen LogP contribution in [0.2, 0.25) is 0 Å². The number of nitriles is 2. The van der Waals surface area contributed by atoms with E-state index >= 15 is 0 Å². The molecule has 2 N–H and O–H groups in total. The van der Waals surface area contributed by atoms with Crippen LogP contribution in [0.3, 0.4) is 0 Å². The summed E-state index contributed by atoms with van der Waals surface area (Å²) in [5.74, 6) is 1.18. The molecular formula is C25H21BN4O4S. The maximum atomic E-state index is 9.78. The number of nitrogens with zero attached hydrogens (tertiary/aromatic N) is 4. The number of methoxy groups -OCH3 is 2. The molecule has 1 aromatic heterocycles. The molecule has 174 valence electrons. The van der Waals surface area contributed by atoms with Crippen molar-refractivity contribution in [3.63, 3.8) is 0 Å². The van der Waals surface area contributed by atoms with E-state index in [1.165, 1.54) is 18.4 Å². The lowest BCUT2D eigenvalue weighted by molar-refractivity contribution is 0.402. The molecule has 5 rings (SSSR count). The van der Waals surface area contributed by atoms with Gasteiger partial charge in [-0.3, -0.25) is 0 Å². The van der Waals surface area contributed by atoms with Gasteiger partial charge < -0.3 is 29.3 Å². The van der Waals surface area contributed by atoms with Crippen LogP contribution in [0.25, 0.3) is 16.5 Å². The quantitative estimate of drug-likeness (QED) is 0.420. The fourth-order valence-electron chi connectivity index (χ4n) is 4.68. The molecule has 0 saturated carbocycles. The Morgan fingerprint density at radius 3 is 2.20 bits per heavy atom. The maximum absolute atomic E-state index is 9.78. The van der Waals surface area contributed by atoms with Gasteiger partial charge in [-0.2, -0.15) is 10.5 Å². The van der Waals surface area contributed by atoms with Crippen molar-refractivity contribution in [3.8, 4) is 34.1 Å². The zero-order chi connectivity index (χ0) is 24.7. The summed E-state index contributed by atoms with van der Waals surface area (Å²) >= 11 is 1.49. The summed E-state index contributed by atoms with van der Waals surface area (Å²) in [6.07, 6.45) is 1.59. The summed E-state index contributed by atoms with van der Waals surface area (Å²) in [5.41, 5.74) is 5.58. The Morgan fingerprint density at radius 2 is 1.60 bits per heavy atom. The van der Waals surface area contributed by atoms with Crippen LogP contribution in [-0.4, -0.2) is 38.1 Å². The smallest absolute Gasteiger partial charge is 0.492 e. The van der Waals surface area contributed by atoms with Crippen LogP contribution >= 0.6 is 11.3 Å². The molecule has 3 aromatic rings. The molecule has 0 amide bonds. The molecule has 2 aliphatic rings. The number of allylic oxidation sites excluding steroid dienone is 1. The first-order valence-electron chi connectivity index (χ1n) is 10.9. The minimum Gasteiger partial charge on any atom is -0.497 e. The SMILES string of the molecule is COc1cc2c(cc1B(O)O)CN1CN2Cc2cc(-c3ccc(C=C(C#N)C#N)s3)c(OC)cc21. The van der Waals surface area contributed by atoms with Gasteiger partial charge in [-0.05, 0) is 35.4 Å². The number of hydrogen-bond donors (Lipinski definition) is 2. The highest BCUT2D eigenvalue weighted by atomic mass is 32.1. The predicted octanol–water partition coefficient (Wildman–Crippen LogP) is 2.84. The zero-order valence-electron chi connectivity index (χ0n) is 19.1. The van der Waals surface area contributed by atoms with E-state index in [1.54, 1.807) is 19.3 Å². The van der Waals surface area contributed by atoms with Crippen LogP contribution in [-0.2, 0) is 13.1 Å². The molecule has 3 heterocycles. The monoisotopic (exact) mass is 484 g/mol. The van der Waals surface area contributed by atoms with E-state index in [4.69, 9.17) is 20.0 Å². The summed E-state index contributed by atoms with van der Waals surface area (Å²) in [6, 6.07) is 15.5. The first-order chi connectivity index (χ1) is 16.9. The van der Waals surface area contributed by atoms with Gasteiger partial charge in [0, 0.05) is 57.4 Å². The number of anilines is 2. The first kappa shape index (κ1) is 22.8. The van der Waals surface area contributed by atoms with Gasteiger partial charge in [0.2, 0.25) is 0 Å². The highest BCUT2D eigenvalue weighted by Crippen LogP contribution is 2.45. The van der Waals surface area contributed by atoms with Gasteiger partial charge >= 0.3 is 7.12 Å². The second-order valence-electron chi connectivity index (χ2n) is 8.30. The third-order valence-electron chi connectivity index (χ3n) is 6.27. The first-order valence-corrected chi connectivity index (χ1v) is 11.7. The number of ether oxygens (including phenoxy) is 2. The lowest BCUT2D eigenvalue weighted by Gasteiger charge is -2.45. The van der Waals surface area contributed by atoms with Crippen LogP contribution in [0.1, 0.15) is 16.0 Å². The molecule has 35 heavy (non-hydrogen) atoms. The van der Waals surface area contributed by atoms with Gasteiger partial charge in [0.25, 0.3) is 0 Å². The van der Waals surface area contributed by atoms with Crippen molar-refractivity contribution < 1.29 is 19.5 Å². The van der Waals surface area contributed by atoms with E-state index in [9.17, 15) is 10.0 Å². The van der Waals surface area contributed by atoms with Gasteiger partial charge in [0.05, 0.1) is 20.9 Å². The standard InChI is InChI=1S/C25H21BN4O4S/c1-33-23-8-21-16(6-19(23)25-4-3-18(35-25)5-15(10-27)11-28)12-29-14-30(21)13-17-7-20(26(31)32)24(34-2)9-22(17)29/h3-9,31-32H,12-14H2,1-2H3. The van der Waals surface area contributed by atoms with Crippen molar-refractivity contribution in [1.29, 1.82) is 10.5 Å². The summed E-state index contributed by atoms with van der Waals surface area (Å²) in [5, 5.41) is 37.7. The van der Waals surface area contributed by atoms with E-state index < -0.39 is 7.12 Å². The van der Waals surface area contributed by atoms with E-state index in [1.807, 2.05) is 36.4 Å². The van der Waals surface area contributed by atoms with E-state index in [2.05, 4.69) is 15.9 Å². The molecule has 0 unspecified atom stereocenters. The van der Waals surface area contributed by atoms with Crippen LogP contribution in [0.4, 0.5) is 11.4 Å². The largest absolute Gasteiger partial charge is 0.497 e. The Morgan fingerprint density at radius 1 is 0.971 bits per heavy atom. The van der Waals surface area contributed by atoms with Crippen molar-refractivity contribution in [1.82, 2.24) is 0 Å². The number of thiophene rings is 1. The Hall–Kier alpha value is -3.96. The minimum absolute atomic E-state index is 0.0650. The van der Waals surface area contributed by atoms with Crippen molar-refractivity contribution in [2.24, 2.45) is 0 Å². The van der Waals surface area contributed by atoms with Crippen molar-refractivity contribution in [3.05, 3.63) is 58.0 Å². The highest BCUT2D eigenvalue weighted by molar-refractivity contribution is 7.16. The minimum atomic E-state index is -1.61. The van der Waals surface area contributed by atoms with E-state index in [0.717, 1.165) is 43.6 Å². The van der Waals surface area contributed by atoms with Gasteiger partial charge in [-0.25, -0.2) is 0 Å². The molecule has 0 fully saturated rings. The summed E-state index contributed by atoms with van der Waals surface area (Å²) in [6.45, 7) is 1.99. The van der Waals surface area contributed by atoms with Gasteiger partial charge in [-0.15, -0.1) is 11.3 Å². The average Bonchev–Trinajstić information content (AvgIpc) is 3.34. The molecule has 0 spiro atoms. The fraction of sp³-hybridized carbons (Fsp3) is 0.200. The molecule has 0 radical (unpaired) electrons. The molecule has 2 bridgehead atoms. The van der Waals surface area contributed by atoms with Crippen LogP contribution in [0.5, 0.6) is 11.5 Å². The molecule has 10 heteroatoms. The molecule has 0 aliphatic carbocycles. The molecule has 2 aliphatic heterocycles. The topological polar surface area (TPSA) is 113 Å². The summed E-state index contributed by atoms with van der Waals surface area (Å²) in [7, 11) is 1.55. The lowest BCUT2D eigenvalue weighted by atomic mass is 9.78. The number of hydrogen-bond acceptors (Lipinski definition) is 9. The van der Waals surface area contributed by atoms with E-state index in [-0.39, 0.29) is 5.57 Å². The third kappa shape index (κ3) is 3.98. The molecule has 2 aromatic carbocycles. The molecular weight excluding hydrogens is 463 g/mol. The van der Waals surface area contributed by atoms with Crippen LogP contribution in [0.15, 0.2) is 42.0 Å². The zero-order valence-corrected chi connectivity index (χ0v) is 20.0. The van der Waals surface area contributed by atoms with Gasteiger partial charge in [-0.1, -0.05) is 6.07 Å². The molecule has 0 atom stereocenters. The fourth-order valence-corrected chi connectivity index (χ4v) is 5.65. The van der Waals surface area contributed by atoms with Crippen molar-refractivity contribution in [2.45, 2.75) is 13.1 Å². The van der Waals surface area contributed by atoms with Gasteiger partial charge in [0.15, 0.2) is 0 Å². The molecule has 8 nitrogen and oxygen atoms in total. The number of benzene rings is 2. The second kappa shape index (κ2) is 9.01.